The number of hydrogen-bond donors (Lipinski definition) is 1. The van der Waals surface area contributed by atoms with Gasteiger partial charge in [0.15, 0.2) is 0 Å². The van der Waals surface area contributed by atoms with Crippen LogP contribution in [-0.4, -0.2) is 26.1 Å². The van der Waals surface area contributed by atoms with E-state index in [-0.39, 0.29) is 18.3 Å². The van der Waals surface area contributed by atoms with E-state index in [1.54, 1.807) is 12.4 Å². The van der Waals surface area contributed by atoms with Crippen LogP contribution in [0.2, 0.25) is 0 Å². The van der Waals surface area contributed by atoms with Crippen LogP contribution in [-0.2, 0) is 11.3 Å². The lowest BCUT2D eigenvalue weighted by Gasteiger charge is -2.17. The number of rotatable bonds is 6. The summed E-state index contributed by atoms with van der Waals surface area (Å²) in [6.07, 6.45) is 4.65. The molecule has 0 aliphatic carbocycles. The molecule has 0 saturated carbocycles. The zero-order valence-electron chi connectivity index (χ0n) is 14.9. The van der Waals surface area contributed by atoms with E-state index >= 15 is 0 Å². The predicted octanol–water partition coefficient (Wildman–Crippen LogP) is 2.97. The first-order valence-corrected chi connectivity index (χ1v) is 8.77. The van der Waals surface area contributed by atoms with Crippen molar-refractivity contribution in [2.75, 3.05) is 0 Å². The van der Waals surface area contributed by atoms with Crippen LogP contribution in [0, 0.1) is 0 Å². The average molecular weight is 371 g/mol. The molecule has 2 aromatic heterocycles. The molecule has 2 aromatic carbocycles. The Balaban J connectivity index is 1.50. The minimum atomic E-state index is -0.426. The summed E-state index contributed by atoms with van der Waals surface area (Å²) in [7, 11) is 0. The molecule has 0 bridgehead atoms. The number of carbonyl (C=O) groups is 1. The maximum atomic E-state index is 13.0. The lowest BCUT2D eigenvalue weighted by atomic mass is 9.90. The Kier molecular flexibility index (Phi) is 5.15. The van der Waals surface area contributed by atoms with Gasteiger partial charge in [0, 0.05) is 12.4 Å². The monoisotopic (exact) mass is 371 g/mol. The van der Waals surface area contributed by atoms with E-state index < -0.39 is 5.92 Å². The standard InChI is InChI=1S/C21H17N5O2/c27-20(19(15-7-3-1-4-8-15)16-9-5-2-6-10-16)24-14-18-25-26-21(28-18)17-13-22-11-12-23-17/h1-13,19H,14H2,(H,24,27). The highest BCUT2D eigenvalue weighted by Crippen LogP contribution is 2.25. The molecule has 1 amide bonds. The van der Waals surface area contributed by atoms with Crippen LogP contribution in [0.1, 0.15) is 22.9 Å². The molecule has 4 aromatic rings. The molecule has 0 fully saturated rings. The molecule has 0 aliphatic rings. The average Bonchev–Trinajstić information content (AvgIpc) is 3.24. The third kappa shape index (κ3) is 3.93. The van der Waals surface area contributed by atoms with Crippen LogP contribution in [0.5, 0.6) is 0 Å². The third-order valence-electron chi connectivity index (χ3n) is 4.19. The summed E-state index contributed by atoms with van der Waals surface area (Å²) < 4.78 is 5.57. The summed E-state index contributed by atoms with van der Waals surface area (Å²) in [6, 6.07) is 19.3. The van der Waals surface area contributed by atoms with E-state index in [0.29, 0.717) is 11.6 Å². The number of benzene rings is 2. The van der Waals surface area contributed by atoms with Crippen molar-refractivity contribution < 1.29 is 9.21 Å². The van der Waals surface area contributed by atoms with Gasteiger partial charge in [0.1, 0.15) is 5.69 Å². The predicted molar refractivity (Wildman–Crippen MR) is 102 cm³/mol. The summed E-state index contributed by atoms with van der Waals surface area (Å²) in [5, 5.41) is 10.8. The number of carbonyl (C=O) groups excluding carboxylic acids is 1. The van der Waals surface area contributed by atoms with E-state index in [4.69, 9.17) is 4.42 Å². The molecule has 1 N–H and O–H groups in total. The van der Waals surface area contributed by atoms with Crippen molar-refractivity contribution in [3.8, 4) is 11.6 Å². The van der Waals surface area contributed by atoms with E-state index in [1.807, 2.05) is 60.7 Å². The second-order valence-corrected chi connectivity index (χ2v) is 6.06. The van der Waals surface area contributed by atoms with Gasteiger partial charge in [-0.1, -0.05) is 60.7 Å². The minimum absolute atomic E-state index is 0.127. The largest absolute Gasteiger partial charge is 0.417 e. The topological polar surface area (TPSA) is 93.8 Å². The van der Waals surface area contributed by atoms with Gasteiger partial charge >= 0.3 is 0 Å². The smallest absolute Gasteiger partial charge is 0.267 e. The third-order valence-corrected chi connectivity index (χ3v) is 4.19. The van der Waals surface area contributed by atoms with Gasteiger partial charge in [0.25, 0.3) is 5.89 Å². The number of aromatic nitrogens is 4. The Morgan fingerprint density at radius 1 is 0.929 bits per heavy atom. The molecular weight excluding hydrogens is 354 g/mol. The molecule has 0 atom stereocenters. The Morgan fingerprint density at radius 3 is 2.21 bits per heavy atom. The van der Waals surface area contributed by atoms with Crippen molar-refractivity contribution in [2.45, 2.75) is 12.5 Å². The quantitative estimate of drug-likeness (QED) is 0.560. The second-order valence-electron chi connectivity index (χ2n) is 6.06. The lowest BCUT2D eigenvalue weighted by Crippen LogP contribution is -2.29. The first-order chi connectivity index (χ1) is 13.8. The van der Waals surface area contributed by atoms with Gasteiger partial charge in [-0.2, -0.15) is 0 Å². The van der Waals surface area contributed by atoms with Crippen LogP contribution in [0.3, 0.4) is 0 Å². The SMILES string of the molecule is O=C(NCc1nnc(-c2cnccn2)o1)C(c1ccccc1)c1ccccc1. The summed E-state index contributed by atoms with van der Waals surface area (Å²) >= 11 is 0. The number of nitrogens with zero attached hydrogens (tertiary/aromatic N) is 4. The maximum Gasteiger partial charge on any atom is 0.267 e. The van der Waals surface area contributed by atoms with Crippen molar-refractivity contribution in [3.05, 3.63) is 96.3 Å². The highest BCUT2D eigenvalue weighted by Gasteiger charge is 2.23. The van der Waals surface area contributed by atoms with E-state index in [0.717, 1.165) is 11.1 Å². The van der Waals surface area contributed by atoms with Crippen LogP contribution in [0.15, 0.2) is 83.7 Å². The van der Waals surface area contributed by atoms with Crippen LogP contribution >= 0.6 is 0 Å². The lowest BCUT2D eigenvalue weighted by molar-refractivity contribution is -0.122. The molecule has 7 nitrogen and oxygen atoms in total. The second kappa shape index (κ2) is 8.22. The molecular formula is C21H17N5O2. The Bertz CT molecular complexity index is 997. The van der Waals surface area contributed by atoms with Gasteiger partial charge in [-0.3, -0.25) is 9.78 Å². The molecule has 2 heterocycles. The summed E-state index contributed by atoms with van der Waals surface area (Å²) in [4.78, 5) is 21.1. The van der Waals surface area contributed by atoms with Crippen LogP contribution in [0.25, 0.3) is 11.6 Å². The molecule has 0 saturated heterocycles. The molecule has 0 unspecified atom stereocenters. The van der Waals surface area contributed by atoms with Gasteiger partial charge in [-0.15, -0.1) is 10.2 Å². The fourth-order valence-corrected chi connectivity index (χ4v) is 2.89. The molecule has 7 heteroatoms. The first kappa shape index (κ1) is 17.5. The summed E-state index contributed by atoms with van der Waals surface area (Å²) in [6.45, 7) is 0.127. The highest BCUT2D eigenvalue weighted by molar-refractivity contribution is 5.87. The zero-order valence-corrected chi connectivity index (χ0v) is 14.9. The number of nitrogens with one attached hydrogen (secondary N) is 1. The number of hydrogen-bond acceptors (Lipinski definition) is 6. The molecule has 28 heavy (non-hydrogen) atoms. The van der Waals surface area contributed by atoms with Gasteiger partial charge in [0.05, 0.1) is 18.7 Å². The van der Waals surface area contributed by atoms with Crippen molar-refractivity contribution in [2.24, 2.45) is 0 Å². The van der Waals surface area contributed by atoms with Gasteiger partial charge in [-0.05, 0) is 11.1 Å². The van der Waals surface area contributed by atoms with Crippen molar-refractivity contribution >= 4 is 5.91 Å². The summed E-state index contributed by atoms with van der Waals surface area (Å²) in [5.74, 6) is -0.00433. The fraction of sp³-hybridized carbons (Fsp3) is 0.0952. The normalized spacial score (nSPS) is 10.8. The number of amides is 1. The maximum absolute atomic E-state index is 13.0. The minimum Gasteiger partial charge on any atom is -0.417 e. The van der Waals surface area contributed by atoms with E-state index in [1.165, 1.54) is 6.20 Å². The van der Waals surface area contributed by atoms with Crippen molar-refractivity contribution in [1.82, 2.24) is 25.5 Å². The zero-order chi connectivity index (χ0) is 19.2. The molecule has 138 valence electrons. The van der Waals surface area contributed by atoms with Gasteiger partial charge < -0.3 is 9.73 Å². The Morgan fingerprint density at radius 2 is 1.61 bits per heavy atom. The molecule has 0 aliphatic heterocycles. The Labute approximate surface area is 161 Å². The molecule has 4 rings (SSSR count). The van der Waals surface area contributed by atoms with E-state index in [9.17, 15) is 4.79 Å². The molecule has 0 radical (unpaired) electrons. The highest BCUT2D eigenvalue weighted by atomic mass is 16.4. The van der Waals surface area contributed by atoms with Gasteiger partial charge in [-0.25, -0.2) is 4.98 Å². The Hall–Kier alpha value is -3.87. The van der Waals surface area contributed by atoms with Crippen LogP contribution < -0.4 is 5.32 Å². The fourth-order valence-electron chi connectivity index (χ4n) is 2.89. The first-order valence-electron chi connectivity index (χ1n) is 8.77. The van der Waals surface area contributed by atoms with E-state index in [2.05, 4.69) is 25.5 Å². The van der Waals surface area contributed by atoms with Gasteiger partial charge in [0.2, 0.25) is 11.8 Å². The van der Waals surface area contributed by atoms with Crippen molar-refractivity contribution in [3.63, 3.8) is 0 Å². The molecule has 0 spiro atoms. The summed E-state index contributed by atoms with van der Waals surface area (Å²) in [5.41, 5.74) is 2.31. The van der Waals surface area contributed by atoms with Crippen LogP contribution in [0.4, 0.5) is 0 Å². The van der Waals surface area contributed by atoms with Crippen molar-refractivity contribution in [1.29, 1.82) is 0 Å².